The lowest BCUT2D eigenvalue weighted by Gasteiger charge is -2.29. The summed E-state index contributed by atoms with van der Waals surface area (Å²) in [6.07, 6.45) is 4.22. The molecular weight excluding hydrogens is 366 g/mol. The molecule has 2 saturated heterocycles. The second-order valence-electron chi connectivity index (χ2n) is 6.75. The molecule has 1 aromatic rings. The van der Waals surface area contributed by atoms with Gasteiger partial charge in [0, 0.05) is 63.1 Å². The van der Waals surface area contributed by atoms with Crippen LogP contribution in [0.2, 0.25) is 0 Å². The molecule has 0 aliphatic carbocycles. The Hall–Kier alpha value is -0.830. The van der Waals surface area contributed by atoms with Crippen molar-refractivity contribution in [3.63, 3.8) is 0 Å². The van der Waals surface area contributed by atoms with Crippen molar-refractivity contribution in [2.45, 2.75) is 24.1 Å². The number of morpholine rings is 1. The van der Waals surface area contributed by atoms with Gasteiger partial charge in [0.1, 0.15) is 4.34 Å². The Morgan fingerprint density at radius 1 is 1.42 bits per heavy atom. The molecule has 8 heteroatoms. The second-order valence-corrected chi connectivity index (χ2v) is 8.99. The Balaban J connectivity index is 1.40. The zero-order chi connectivity index (χ0) is 18.0. The Labute approximate surface area is 165 Å². The van der Waals surface area contributed by atoms with E-state index in [4.69, 9.17) is 9.73 Å². The summed E-state index contributed by atoms with van der Waals surface area (Å²) >= 11 is 3.55. The molecule has 0 amide bonds. The first kappa shape index (κ1) is 19.9. The Bertz CT molecular complexity index is 534. The minimum Gasteiger partial charge on any atom is -0.379 e. The monoisotopic (exact) mass is 397 g/mol. The number of nitrogens with one attached hydrogen (secondary N) is 1. The van der Waals surface area contributed by atoms with Crippen LogP contribution >= 0.6 is 23.1 Å². The maximum atomic E-state index is 5.46. The first-order chi connectivity index (χ1) is 12.8. The summed E-state index contributed by atoms with van der Waals surface area (Å²) in [5.41, 5.74) is 0. The van der Waals surface area contributed by atoms with E-state index in [-0.39, 0.29) is 0 Å². The number of rotatable bonds is 8. The van der Waals surface area contributed by atoms with Crippen LogP contribution in [-0.2, 0) is 4.74 Å². The molecule has 0 spiro atoms. The zero-order valence-electron chi connectivity index (χ0n) is 15.7. The molecule has 0 radical (unpaired) electrons. The molecule has 3 heterocycles. The smallest absolute Gasteiger partial charge is 0.193 e. The van der Waals surface area contributed by atoms with Crippen LogP contribution in [0.3, 0.4) is 0 Å². The molecule has 1 N–H and O–H groups in total. The van der Waals surface area contributed by atoms with E-state index in [1.807, 2.05) is 23.3 Å². The lowest BCUT2D eigenvalue weighted by molar-refractivity contribution is 0.0315. The number of thiazole rings is 1. The topological polar surface area (TPSA) is 53.0 Å². The van der Waals surface area contributed by atoms with Crippen molar-refractivity contribution in [1.29, 1.82) is 0 Å². The van der Waals surface area contributed by atoms with Gasteiger partial charge in [0.05, 0.1) is 13.2 Å². The molecule has 2 fully saturated rings. The molecule has 26 heavy (non-hydrogen) atoms. The van der Waals surface area contributed by atoms with Crippen LogP contribution in [0, 0.1) is 5.92 Å². The van der Waals surface area contributed by atoms with Gasteiger partial charge in [0.15, 0.2) is 5.96 Å². The van der Waals surface area contributed by atoms with Gasteiger partial charge in [-0.15, -0.1) is 11.3 Å². The molecular formula is C18H31N5OS2. The largest absolute Gasteiger partial charge is 0.379 e. The summed E-state index contributed by atoms with van der Waals surface area (Å²) in [5.74, 6) is 2.92. The Morgan fingerprint density at radius 3 is 3.08 bits per heavy atom. The van der Waals surface area contributed by atoms with Crippen molar-refractivity contribution in [3.8, 4) is 0 Å². The average molecular weight is 398 g/mol. The van der Waals surface area contributed by atoms with Crippen LogP contribution in [0.4, 0.5) is 0 Å². The molecule has 1 aromatic heterocycles. The van der Waals surface area contributed by atoms with E-state index in [2.05, 4.69) is 27.0 Å². The summed E-state index contributed by atoms with van der Waals surface area (Å²) in [7, 11) is 0. The molecule has 2 aliphatic heterocycles. The van der Waals surface area contributed by atoms with Crippen molar-refractivity contribution in [2.75, 3.05) is 64.8 Å². The van der Waals surface area contributed by atoms with E-state index in [0.29, 0.717) is 0 Å². The summed E-state index contributed by atoms with van der Waals surface area (Å²) in [6.45, 7) is 11.3. The highest BCUT2D eigenvalue weighted by Gasteiger charge is 2.26. The first-order valence-corrected chi connectivity index (χ1v) is 11.6. The van der Waals surface area contributed by atoms with E-state index in [1.54, 1.807) is 11.3 Å². The molecule has 0 aromatic carbocycles. The van der Waals surface area contributed by atoms with Gasteiger partial charge in [-0.25, -0.2) is 4.98 Å². The van der Waals surface area contributed by atoms with E-state index in [9.17, 15) is 0 Å². The predicted octanol–water partition coefficient (Wildman–Crippen LogP) is 2.24. The van der Waals surface area contributed by atoms with Gasteiger partial charge >= 0.3 is 0 Å². The molecule has 1 atom stereocenters. The highest BCUT2D eigenvalue weighted by Crippen LogP contribution is 2.21. The molecule has 0 saturated carbocycles. The summed E-state index contributed by atoms with van der Waals surface area (Å²) in [6, 6.07) is 0. The van der Waals surface area contributed by atoms with Gasteiger partial charge in [0.2, 0.25) is 0 Å². The third-order valence-corrected chi connectivity index (χ3v) is 6.79. The van der Waals surface area contributed by atoms with Crippen molar-refractivity contribution >= 4 is 29.1 Å². The molecule has 1 unspecified atom stereocenters. The lowest BCUT2D eigenvalue weighted by atomic mass is 10.1. The number of likely N-dealkylation sites (tertiary alicyclic amines) is 1. The van der Waals surface area contributed by atoms with Crippen LogP contribution in [0.25, 0.3) is 0 Å². The number of hydrogen-bond donors (Lipinski definition) is 1. The number of thioether (sulfide) groups is 1. The summed E-state index contributed by atoms with van der Waals surface area (Å²) in [5, 5.41) is 5.51. The highest BCUT2D eigenvalue weighted by atomic mass is 32.2. The Kier molecular flexibility index (Phi) is 8.51. The molecule has 146 valence electrons. The van der Waals surface area contributed by atoms with Crippen LogP contribution in [-0.4, -0.2) is 85.5 Å². The van der Waals surface area contributed by atoms with Gasteiger partial charge in [0.25, 0.3) is 0 Å². The van der Waals surface area contributed by atoms with Crippen LogP contribution in [0.5, 0.6) is 0 Å². The number of nitrogens with zero attached hydrogens (tertiary/aromatic N) is 4. The third kappa shape index (κ3) is 6.40. The zero-order valence-corrected chi connectivity index (χ0v) is 17.4. The molecule has 3 rings (SSSR count). The standard InChI is InChI=1S/C18H31N5OS2/c1-2-19-17(20-5-3-12-25-18-21-6-13-26-18)23-7-4-16(15-23)14-22-8-10-24-11-9-22/h6,13,16H,2-5,7-12,14-15H2,1H3,(H,19,20). The SMILES string of the molecule is CCNC(=NCCCSc1nccs1)N1CCC(CN2CCOCC2)C1. The van der Waals surface area contributed by atoms with Crippen molar-refractivity contribution in [2.24, 2.45) is 10.9 Å². The van der Waals surface area contributed by atoms with E-state index in [1.165, 1.54) is 13.0 Å². The third-order valence-electron chi connectivity index (χ3n) is 4.74. The fourth-order valence-electron chi connectivity index (χ4n) is 3.44. The van der Waals surface area contributed by atoms with Crippen LogP contribution in [0.1, 0.15) is 19.8 Å². The second kappa shape index (κ2) is 11.1. The maximum Gasteiger partial charge on any atom is 0.193 e. The predicted molar refractivity (Wildman–Crippen MR) is 110 cm³/mol. The van der Waals surface area contributed by atoms with Crippen molar-refractivity contribution in [3.05, 3.63) is 11.6 Å². The normalized spacial score (nSPS) is 22.1. The van der Waals surface area contributed by atoms with Crippen LogP contribution in [0.15, 0.2) is 20.9 Å². The number of hydrogen-bond acceptors (Lipinski definition) is 6. The van der Waals surface area contributed by atoms with E-state index >= 15 is 0 Å². The minimum atomic E-state index is 0.748. The maximum absolute atomic E-state index is 5.46. The number of ether oxygens (including phenoxy) is 1. The van der Waals surface area contributed by atoms with Gasteiger partial charge < -0.3 is 15.0 Å². The quantitative estimate of drug-likeness (QED) is 0.314. The van der Waals surface area contributed by atoms with Gasteiger partial charge in [-0.2, -0.15) is 0 Å². The minimum absolute atomic E-state index is 0.748. The fourth-order valence-corrected chi connectivity index (χ4v) is 5.07. The first-order valence-electron chi connectivity index (χ1n) is 9.71. The van der Waals surface area contributed by atoms with Crippen molar-refractivity contribution in [1.82, 2.24) is 20.1 Å². The van der Waals surface area contributed by atoms with Gasteiger partial charge in [-0.05, 0) is 25.7 Å². The van der Waals surface area contributed by atoms with Crippen LogP contribution < -0.4 is 5.32 Å². The summed E-state index contributed by atoms with van der Waals surface area (Å²) in [4.78, 5) is 14.2. The van der Waals surface area contributed by atoms with Crippen molar-refractivity contribution < 1.29 is 4.74 Å². The lowest BCUT2D eigenvalue weighted by Crippen LogP contribution is -2.42. The fraction of sp³-hybridized carbons (Fsp3) is 0.778. The highest BCUT2D eigenvalue weighted by molar-refractivity contribution is 8.00. The Morgan fingerprint density at radius 2 is 2.31 bits per heavy atom. The van der Waals surface area contributed by atoms with Gasteiger partial charge in [-0.3, -0.25) is 9.89 Å². The molecule has 2 aliphatic rings. The molecule has 0 bridgehead atoms. The number of aliphatic imine (C=N–C) groups is 1. The summed E-state index contributed by atoms with van der Waals surface area (Å²) < 4.78 is 6.62. The van der Waals surface area contributed by atoms with E-state index in [0.717, 1.165) is 80.9 Å². The number of aromatic nitrogens is 1. The average Bonchev–Trinajstić information content (AvgIpc) is 3.33. The molecule has 6 nitrogen and oxygen atoms in total. The van der Waals surface area contributed by atoms with E-state index < -0.39 is 0 Å². The number of guanidine groups is 1. The van der Waals surface area contributed by atoms with Gasteiger partial charge in [-0.1, -0.05) is 11.8 Å².